The number of nitrogens with one attached hydrogen (secondary N) is 1. The van der Waals surface area contributed by atoms with Crippen LogP contribution in [-0.4, -0.2) is 44.8 Å². The molecule has 1 heterocycles. The van der Waals surface area contributed by atoms with Gasteiger partial charge in [-0.3, -0.25) is 4.90 Å². The Morgan fingerprint density at radius 3 is 2.32 bits per heavy atom. The van der Waals surface area contributed by atoms with Crippen molar-refractivity contribution in [1.82, 2.24) is 10.2 Å². The fourth-order valence-corrected chi connectivity index (χ4v) is 2.94. The smallest absolute Gasteiger partial charge is 0.406 e. The largest absolute Gasteiger partial charge is 0.497 e. The van der Waals surface area contributed by atoms with Crippen LogP contribution in [0.25, 0.3) is 0 Å². The molecule has 0 aromatic heterocycles. The van der Waals surface area contributed by atoms with Crippen molar-refractivity contribution >= 4 is 6.09 Å². The van der Waals surface area contributed by atoms with Gasteiger partial charge in [-0.15, -0.1) is 0 Å². The molecule has 1 aromatic rings. The number of carbonyl (C=O) groups is 1. The summed E-state index contributed by atoms with van der Waals surface area (Å²) in [6.07, 6.45) is 4.62. The Labute approximate surface area is 132 Å². The Hall–Kier alpha value is -1.75. The number of hydrogen-bond donors (Lipinski definition) is 1. The minimum Gasteiger partial charge on any atom is -0.497 e. The first-order valence-corrected chi connectivity index (χ1v) is 7.94. The summed E-state index contributed by atoms with van der Waals surface area (Å²) in [5.74, 6) is 0.847. The van der Waals surface area contributed by atoms with Crippen LogP contribution in [0.3, 0.4) is 0 Å². The van der Waals surface area contributed by atoms with Crippen molar-refractivity contribution < 1.29 is 14.3 Å². The van der Waals surface area contributed by atoms with E-state index in [0.717, 1.165) is 18.8 Å². The molecule has 22 heavy (non-hydrogen) atoms. The first kappa shape index (κ1) is 16.6. The number of amides is 1. The maximum Gasteiger partial charge on any atom is 0.406 e. The van der Waals surface area contributed by atoms with Crippen molar-refractivity contribution in [2.75, 3.05) is 33.9 Å². The third-order valence-corrected chi connectivity index (χ3v) is 4.21. The van der Waals surface area contributed by atoms with E-state index in [1.54, 1.807) is 7.11 Å². The number of alkyl carbamates (subject to hydrolysis) is 1. The average Bonchev–Trinajstić information content (AvgIpc) is 2.84. The van der Waals surface area contributed by atoms with Crippen LogP contribution in [0.4, 0.5) is 4.79 Å². The summed E-state index contributed by atoms with van der Waals surface area (Å²) in [5, 5.41) is 2.84. The van der Waals surface area contributed by atoms with Gasteiger partial charge in [0.25, 0.3) is 0 Å². The lowest BCUT2D eigenvalue weighted by Crippen LogP contribution is -2.38. The highest BCUT2D eigenvalue weighted by Crippen LogP contribution is 2.25. The Balaban J connectivity index is 2.12. The molecule has 0 saturated carbocycles. The Morgan fingerprint density at radius 1 is 1.14 bits per heavy atom. The SMILES string of the molecule is COC(=O)NCC(c1ccc(OC)cc1)N1CCCCCC1. The van der Waals surface area contributed by atoms with Crippen LogP contribution in [0.2, 0.25) is 0 Å². The molecule has 1 atom stereocenters. The number of methoxy groups -OCH3 is 2. The van der Waals surface area contributed by atoms with Crippen LogP contribution in [0.1, 0.15) is 37.3 Å². The lowest BCUT2D eigenvalue weighted by Gasteiger charge is -2.31. The van der Waals surface area contributed by atoms with E-state index in [1.807, 2.05) is 12.1 Å². The van der Waals surface area contributed by atoms with Gasteiger partial charge < -0.3 is 14.8 Å². The van der Waals surface area contributed by atoms with Crippen LogP contribution in [0, 0.1) is 0 Å². The second kappa shape index (κ2) is 8.63. The fourth-order valence-electron chi connectivity index (χ4n) is 2.94. The molecule has 5 heteroatoms. The van der Waals surface area contributed by atoms with Crippen molar-refractivity contribution in [2.24, 2.45) is 0 Å². The van der Waals surface area contributed by atoms with Gasteiger partial charge in [0, 0.05) is 6.54 Å². The van der Waals surface area contributed by atoms with Crippen molar-refractivity contribution in [3.63, 3.8) is 0 Å². The molecule has 1 unspecified atom stereocenters. The number of benzene rings is 1. The van der Waals surface area contributed by atoms with Crippen LogP contribution < -0.4 is 10.1 Å². The first-order valence-electron chi connectivity index (χ1n) is 7.94. The lowest BCUT2D eigenvalue weighted by atomic mass is 10.0. The highest BCUT2D eigenvalue weighted by molar-refractivity contribution is 5.66. The fraction of sp³-hybridized carbons (Fsp3) is 0.588. The van der Waals surface area contributed by atoms with E-state index in [2.05, 4.69) is 22.3 Å². The second-order valence-corrected chi connectivity index (χ2v) is 5.61. The van der Waals surface area contributed by atoms with Crippen LogP contribution in [0.15, 0.2) is 24.3 Å². The molecule has 0 bridgehead atoms. The Kier molecular flexibility index (Phi) is 6.52. The van der Waals surface area contributed by atoms with Gasteiger partial charge in [0.1, 0.15) is 5.75 Å². The summed E-state index contributed by atoms with van der Waals surface area (Å²) in [7, 11) is 3.06. The molecule has 1 N–H and O–H groups in total. The summed E-state index contributed by atoms with van der Waals surface area (Å²) in [6, 6.07) is 8.26. The summed E-state index contributed by atoms with van der Waals surface area (Å²) in [6.45, 7) is 2.69. The summed E-state index contributed by atoms with van der Waals surface area (Å²) >= 11 is 0. The van der Waals surface area contributed by atoms with E-state index in [9.17, 15) is 4.79 Å². The molecule has 1 amide bonds. The third-order valence-electron chi connectivity index (χ3n) is 4.21. The van der Waals surface area contributed by atoms with Gasteiger partial charge in [-0.05, 0) is 43.6 Å². The standard InChI is InChI=1S/C17H26N2O3/c1-21-15-9-7-14(8-10-15)16(13-18-17(20)22-2)19-11-5-3-4-6-12-19/h7-10,16H,3-6,11-13H2,1-2H3,(H,18,20). The lowest BCUT2D eigenvalue weighted by molar-refractivity contribution is 0.158. The highest BCUT2D eigenvalue weighted by Gasteiger charge is 2.22. The van der Waals surface area contributed by atoms with Gasteiger partial charge in [0.05, 0.1) is 20.3 Å². The zero-order chi connectivity index (χ0) is 15.8. The molecule has 2 rings (SSSR count). The Bertz CT molecular complexity index is 453. The van der Waals surface area contributed by atoms with Gasteiger partial charge in [-0.2, -0.15) is 0 Å². The molecule has 1 fully saturated rings. The van der Waals surface area contributed by atoms with E-state index < -0.39 is 0 Å². The van der Waals surface area contributed by atoms with Crippen molar-refractivity contribution in [3.05, 3.63) is 29.8 Å². The van der Waals surface area contributed by atoms with Crippen molar-refractivity contribution in [2.45, 2.75) is 31.7 Å². The monoisotopic (exact) mass is 306 g/mol. The number of ether oxygens (including phenoxy) is 2. The minimum atomic E-state index is -0.381. The topological polar surface area (TPSA) is 50.8 Å². The molecular weight excluding hydrogens is 280 g/mol. The number of nitrogens with zero attached hydrogens (tertiary/aromatic N) is 1. The van der Waals surface area contributed by atoms with Crippen molar-refractivity contribution in [3.8, 4) is 5.75 Å². The quantitative estimate of drug-likeness (QED) is 0.908. The maximum absolute atomic E-state index is 11.4. The molecule has 122 valence electrons. The predicted octanol–water partition coefficient (Wildman–Crippen LogP) is 2.97. The minimum absolute atomic E-state index is 0.170. The van der Waals surface area contributed by atoms with Gasteiger partial charge in [-0.25, -0.2) is 4.79 Å². The van der Waals surface area contributed by atoms with Gasteiger partial charge in [-0.1, -0.05) is 25.0 Å². The molecule has 0 aliphatic carbocycles. The molecular formula is C17H26N2O3. The van der Waals surface area contributed by atoms with Gasteiger partial charge in [0.15, 0.2) is 0 Å². The number of carbonyl (C=O) groups excluding carboxylic acids is 1. The first-order chi connectivity index (χ1) is 10.7. The predicted molar refractivity (Wildman–Crippen MR) is 86.2 cm³/mol. The zero-order valence-corrected chi connectivity index (χ0v) is 13.5. The zero-order valence-electron chi connectivity index (χ0n) is 13.5. The van der Waals surface area contributed by atoms with E-state index in [-0.39, 0.29) is 12.1 Å². The number of likely N-dealkylation sites (tertiary alicyclic amines) is 1. The Morgan fingerprint density at radius 2 is 1.77 bits per heavy atom. The van der Waals surface area contributed by atoms with Crippen LogP contribution in [0.5, 0.6) is 5.75 Å². The van der Waals surface area contributed by atoms with E-state index in [0.29, 0.717) is 6.54 Å². The van der Waals surface area contributed by atoms with Gasteiger partial charge in [0.2, 0.25) is 0 Å². The van der Waals surface area contributed by atoms with Gasteiger partial charge >= 0.3 is 6.09 Å². The maximum atomic E-state index is 11.4. The van der Waals surface area contributed by atoms with E-state index >= 15 is 0 Å². The average molecular weight is 306 g/mol. The molecule has 5 nitrogen and oxygen atoms in total. The van der Waals surface area contributed by atoms with Crippen LogP contribution in [-0.2, 0) is 4.74 Å². The van der Waals surface area contributed by atoms with Crippen LogP contribution >= 0.6 is 0 Å². The number of rotatable bonds is 5. The molecule has 1 saturated heterocycles. The molecule has 1 aliphatic heterocycles. The molecule has 0 radical (unpaired) electrons. The number of hydrogen-bond acceptors (Lipinski definition) is 4. The normalized spacial score (nSPS) is 17.4. The molecule has 0 spiro atoms. The third kappa shape index (κ3) is 4.63. The highest BCUT2D eigenvalue weighted by atomic mass is 16.5. The summed E-state index contributed by atoms with van der Waals surface area (Å²) in [4.78, 5) is 13.9. The van der Waals surface area contributed by atoms with E-state index in [4.69, 9.17) is 9.47 Å². The summed E-state index contributed by atoms with van der Waals surface area (Å²) < 4.78 is 9.92. The molecule has 1 aromatic carbocycles. The second-order valence-electron chi connectivity index (χ2n) is 5.61. The molecule has 1 aliphatic rings. The van der Waals surface area contributed by atoms with Crippen molar-refractivity contribution in [1.29, 1.82) is 0 Å². The summed E-state index contributed by atoms with van der Waals surface area (Å²) in [5.41, 5.74) is 1.19. The van der Waals surface area contributed by atoms with E-state index in [1.165, 1.54) is 38.4 Å².